The fourth-order valence-electron chi connectivity index (χ4n) is 5.34. The van der Waals surface area contributed by atoms with E-state index in [2.05, 4.69) is 20.8 Å². The van der Waals surface area contributed by atoms with Crippen molar-refractivity contribution in [2.24, 2.45) is 5.92 Å². The number of hydrogen-bond donors (Lipinski definition) is 1. The van der Waals surface area contributed by atoms with Gasteiger partial charge in [0.15, 0.2) is 0 Å². The van der Waals surface area contributed by atoms with Crippen molar-refractivity contribution in [3.8, 4) is 17.2 Å². The summed E-state index contributed by atoms with van der Waals surface area (Å²) in [5.41, 5.74) is 1.15. The Kier molecular flexibility index (Phi) is 3.26. The summed E-state index contributed by atoms with van der Waals surface area (Å²) in [6, 6.07) is 10.7. The number of hydrogen-bond acceptors (Lipinski definition) is 4. The van der Waals surface area contributed by atoms with Gasteiger partial charge in [0.25, 0.3) is 0 Å². The second-order valence-corrected chi connectivity index (χ2v) is 8.92. The van der Waals surface area contributed by atoms with Crippen molar-refractivity contribution in [1.29, 1.82) is 0 Å². The smallest absolute Gasteiger partial charge is 0.200 e. The molecule has 1 saturated carbocycles. The van der Waals surface area contributed by atoms with Gasteiger partial charge in [-0.15, -0.1) is 0 Å². The fourth-order valence-corrected chi connectivity index (χ4v) is 5.34. The summed E-state index contributed by atoms with van der Waals surface area (Å²) in [7, 11) is 0. The minimum Gasteiger partial charge on any atom is -0.507 e. The molecule has 1 N–H and O–H groups in total. The largest absolute Gasteiger partial charge is 0.507 e. The maximum Gasteiger partial charge on any atom is 0.200 e. The number of ether oxygens (including phenoxy) is 2. The average molecular weight is 364 g/mol. The standard InChI is InChI=1S/C23H24O4/c1-22(2)15-9-10-23(3)12-14(15)18-17(26-23)11-16(24)19(21(18)27-22)20(25)13-7-5-4-6-8-13/h4-8,11,14-15,24H,9-10,12H2,1-3H3/t14-,15-,23-/m0/s1. The molecule has 3 aliphatic rings. The molecule has 0 radical (unpaired) electrons. The van der Waals surface area contributed by atoms with E-state index in [4.69, 9.17) is 9.47 Å². The highest BCUT2D eigenvalue weighted by atomic mass is 16.5. The van der Waals surface area contributed by atoms with Crippen molar-refractivity contribution in [3.63, 3.8) is 0 Å². The molecular weight excluding hydrogens is 340 g/mol. The third-order valence-electron chi connectivity index (χ3n) is 6.63. The molecule has 5 rings (SSSR count). The van der Waals surface area contributed by atoms with Crippen molar-refractivity contribution in [2.75, 3.05) is 0 Å². The first-order chi connectivity index (χ1) is 12.8. The van der Waals surface area contributed by atoms with E-state index >= 15 is 0 Å². The molecule has 0 saturated heterocycles. The molecule has 2 aromatic carbocycles. The van der Waals surface area contributed by atoms with Crippen molar-refractivity contribution in [2.45, 2.75) is 57.2 Å². The van der Waals surface area contributed by atoms with Crippen LogP contribution in [0, 0.1) is 5.92 Å². The maximum atomic E-state index is 13.2. The number of phenols is 1. The van der Waals surface area contributed by atoms with Crippen LogP contribution >= 0.6 is 0 Å². The van der Waals surface area contributed by atoms with Gasteiger partial charge in [-0.1, -0.05) is 30.3 Å². The molecule has 4 nitrogen and oxygen atoms in total. The quantitative estimate of drug-likeness (QED) is 0.776. The third kappa shape index (κ3) is 2.32. The Bertz CT molecular complexity index is 947. The molecule has 2 heterocycles. The minimum absolute atomic E-state index is 0.0737. The fraction of sp³-hybridized carbons (Fsp3) is 0.435. The van der Waals surface area contributed by atoms with Crippen LogP contribution in [0.2, 0.25) is 0 Å². The average Bonchev–Trinajstić information content (AvgIpc) is 2.60. The Labute approximate surface area is 159 Å². The number of carbonyl (C=O) groups excluding carboxylic acids is 1. The van der Waals surface area contributed by atoms with Crippen LogP contribution in [-0.4, -0.2) is 22.1 Å². The van der Waals surface area contributed by atoms with E-state index in [1.54, 1.807) is 18.2 Å². The van der Waals surface area contributed by atoms with Gasteiger partial charge in [0.2, 0.25) is 5.78 Å². The second kappa shape index (κ2) is 5.28. The first-order valence-corrected chi connectivity index (χ1v) is 9.67. The topological polar surface area (TPSA) is 55.8 Å². The van der Waals surface area contributed by atoms with Crippen molar-refractivity contribution < 1.29 is 19.4 Å². The molecule has 0 spiro atoms. The lowest BCUT2D eigenvalue weighted by molar-refractivity contribution is -0.0731. The zero-order valence-corrected chi connectivity index (χ0v) is 15.9. The second-order valence-electron chi connectivity index (χ2n) is 8.92. The van der Waals surface area contributed by atoms with Crippen LogP contribution in [0.5, 0.6) is 17.2 Å². The van der Waals surface area contributed by atoms with Gasteiger partial charge in [0, 0.05) is 29.0 Å². The van der Waals surface area contributed by atoms with E-state index < -0.39 is 5.60 Å². The zero-order chi connectivity index (χ0) is 19.0. The zero-order valence-electron chi connectivity index (χ0n) is 15.9. The SMILES string of the molecule is CC1(C)Oc2c(C(=O)c3ccccc3)c(O)cc3c2[C@H]2C[C@](C)(CC[C@@H]21)O3. The van der Waals surface area contributed by atoms with Crippen molar-refractivity contribution in [1.82, 2.24) is 0 Å². The molecule has 2 bridgehead atoms. The Balaban J connectivity index is 1.75. The van der Waals surface area contributed by atoms with Crippen LogP contribution < -0.4 is 9.47 Å². The first-order valence-electron chi connectivity index (χ1n) is 9.67. The molecule has 0 unspecified atom stereocenters. The highest BCUT2D eigenvalue weighted by molar-refractivity contribution is 6.13. The Hall–Kier alpha value is -2.49. The molecule has 27 heavy (non-hydrogen) atoms. The van der Waals surface area contributed by atoms with Crippen LogP contribution in [0.25, 0.3) is 0 Å². The predicted octanol–water partition coefficient (Wildman–Crippen LogP) is 4.83. The van der Waals surface area contributed by atoms with Crippen LogP contribution in [0.4, 0.5) is 0 Å². The Morgan fingerprint density at radius 3 is 2.63 bits per heavy atom. The van der Waals surface area contributed by atoms with E-state index in [1.807, 2.05) is 18.2 Å². The number of rotatable bonds is 2. The monoisotopic (exact) mass is 364 g/mol. The maximum absolute atomic E-state index is 13.2. The first kappa shape index (κ1) is 16.7. The number of ketones is 1. The van der Waals surface area contributed by atoms with E-state index in [0.29, 0.717) is 23.0 Å². The van der Waals surface area contributed by atoms with Gasteiger partial charge in [-0.25, -0.2) is 0 Å². The summed E-state index contributed by atoms with van der Waals surface area (Å²) in [4.78, 5) is 13.2. The van der Waals surface area contributed by atoms with Crippen LogP contribution in [0.3, 0.4) is 0 Å². The van der Waals surface area contributed by atoms with Gasteiger partial charge < -0.3 is 14.6 Å². The summed E-state index contributed by atoms with van der Waals surface area (Å²) in [5.74, 6) is 1.55. The Morgan fingerprint density at radius 2 is 1.89 bits per heavy atom. The van der Waals surface area contributed by atoms with Gasteiger partial charge in [-0.3, -0.25) is 4.79 Å². The number of aromatic hydroxyl groups is 1. The van der Waals surface area contributed by atoms with E-state index in [0.717, 1.165) is 24.8 Å². The summed E-state index contributed by atoms with van der Waals surface area (Å²) in [6.45, 7) is 6.34. The number of fused-ring (bicyclic) bond motifs is 1. The molecule has 140 valence electrons. The van der Waals surface area contributed by atoms with E-state index in [-0.39, 0.29) is 28.6 Å². The van der Waals surface area contributed by atoms with E-state index in [9.17, 15) is 9.90 Å². The van der Waals surface area contributed by atoms with Gasteiger partial charge in [-0.2, -0.15) is 0 Å². The number of carbonyl (C=O) groups is 1. The lowest BCUT2D eigenvalue weighted by Gasteiger charge is -2.55. The van der Waals surface area contributed by atoms with Gasteiger partial charge >= 0.3 is 0 Å². The van der Waals surface area contributed by atoms with Crippen LogP contribution in [0.15, 0.2) is 36.4 Å². The highest BCUT2D eigenvalue weighted by Gasteiger charge is 2.55. The van der Waals surface area contributed by atoms with Crippen molar-refractivity contribution in [3.05, 3.63) is 53.1 Å². The van der Waals surface area contributed by atoms with Gasteiger partial charge in [0.1, 0.15) is 34.0 Å². The minimum atomic E-state index is -0.396. The third-order valence-corrected chi connectivity index (χ3v) is 6.63. The van der Waals surface area contributed by atoms with Crippen molar-refractivity contribution >= 4 is 5.78 Å². The molecular formula is C23H24O4. The van der Waals surface area contributed by atoms with Crippen LogP contribution in [0.1, 0.15) is 67.4 Å². The summed E-state index contributed by atoms with van der Waals surface area (Å²) >= 11 is 0. The Morgan fingerprint density at radius 1 is 1.15 bits per heavy atom. The molecule has 1 fully saturated rings. The predicted molar refractivity (Wildman–Crippen MR) is 102 cm³/mol. The van der Waals surface area contributed by atoms with Gasteiger partial charge in [0.05, 0.1) is 0 Å². The molecule has 0 aromatic heterocycles. The molecule has 2 aromatic rings. The molecule has 2 aliphatic heterocycles. The highest BCUT2D eigenvalue weighted by Crippen LogP contribution is 2.62. The van der Waals surface area contributed by atoms with E-state index in [1.165, 1.54) is 0 Å². The number of phenolic OH excluding ortho intramolecular Hbond substituents is 1. The molecule has 4 heteroatoms. The van der Waals surface area contributed by atoms with Crippen LogP contribution in [-0.2, 0) is 0 Å². The summed E-state index contributed by atoms with van der Waals surface area (Å²) in [6.07, 6.45) is 2.94. The molecule has 1 aliphatic carbocycles. The summed E-state index contributed by atoms with van der Waals surface area (Å²) in [5, 5.41) is 10.8. The summed E-state index contributed by atoms with van der Waals surface area (Å²) < 4.78 is 12.7. The lowest BCUT2D eigenvalue weighted by Crippen LogP contribution is -2.54. The van der Waals surface area contributed by atoms with Gasteiger partial charge in [-0.05, 0) is 40.0 Å². The lowest BCUT2D eigenvalue weighted by atomic mass is 9.61. The number of benzene rings is 2. The normalized spacial score (nSPS) is 29.4. The molecule has 0 amide bonds. The molecule has 3 atom stereocenters.